The largest absolute Gasteiger partial charge is 0.425 e. The Bertz CT molecular complexity index is 857. The zero-order chi connectivity index (χ0) is 13.7. The van der Waals surface area contributed by atoms with Gasteiger partial charge in [0.25, 0.3) is 0 Å². The maximum absolute atomic E-state index is 12.1. The standard InChI is InChI=1S/C16H10ClNO2/c17-9-5-6-14-11(7-9)15-10-3-1-2-4-13(10)18-8-12(15)16(19)20-14/h1-7,12H,8H2. The molecule has 1 atom stereocenters. The number of carbonyl (C=O) groups is 1. The number of nitrogens with zero attached hydrogens (tertiary/aromatic N) is 1. The van der Waals surface area contributed by atoms with E-state index < -0.39 is 0 Å². The predicted octanol–water partition coefficient (Wildman–Crippen LogP) is 1.71. The van der Waals surface area contributed by atoms with E-state index in [1.807, 2.05) is 30.3 Å². The fourth-order valence-corrected chi connectivity index (χ4v) is 2.99. The monoisotopic (exact) mass is 283 g/mol. The molecule has 0 fully saturated rings. The lowest BCUT2D eigenvalue weighted by atomic mass is 9.86. The molecule has 4 rings (SSSR count). The zero-order valence-electron chi connectivity index (χ0n) is 10.5. The number of rotatable bonds is 0. The summed E-state index contributed by atoms with van der Waals surface area (Å²) < 4.78 is 5.39. The number of carbonyl (C=O) groups excluding carboxylic acids is 1. The lowest BCUT2D eigenvalue weighted by Crippen LogP contribution is -2.41. The van der Waals surface area contributed by atoms with Gasteiger partial charge in [-0.2, -0.15) is 0 Å². The highest BCUT2D eigenvalue weighted by Gasteiger charge is 2.34. The number of hydrogen-bond acceptors (Lipinski definition) is 3. The van der Waals surface area contributed by atoms with Gasteiger partial charge in [-0.15, -0.1) is 0 Å². The number of hydrogen-bond donors (Lipinski definition) is 0. The van der Waals surface area contributed by atoms with Gasteiger partial charge in [-0.3, -0.25) is 9.79 Å². The van der Waals surface area contributed by atoms with E-state index in [-0.39, 0.29) is 11.9 Å². The third-order valence-electron chi connectivity index (χ3n) is 3.71. The van der Waals surface area contributed by atoms with Crippen LogP contribution in [-0.2, 0) is 4.79 Å². The highest BCUT2D eigenvalue weighted by molar-refractivity contribution is 6.30. The minimum atomic E-state index is -0.337. The first-order valence-electron chi connectivity index (χ1n) is 6.39. The highest BCUT2D eigenvalue weighted by Crippen LogP contribution is 2.37. The van der Waals surface area contributed by atoms with Crippen LogP contribution in [0.3, 0.4) is 0 Å². The summed E-state index contributed by atoms with van der Waals surface area (Å²) in [6.45, 7) is 0.428. The van der Waals surface area contributed by atoms with E-state index >= 15 is 0 Å². The van der Waals surface area contributed by atoms with E-state index in [9.17, 15) is 4.79 Å². The average Bonchev–Trinajstić information content (AvgIpc) is 2.47. The molecule has 0 amide bonds. The average molecular weight is 284 g/mol. The van der Waals surface area contributed by atoms with Gasteiger partial charge in [-0.05, 0) is 29.8 Å². The second-order valence-electron chi connectivity index (χ2n) is 4.89. The molecule has 0 radical (unpaired) electrons. The van der Waals surface area contributed by atoms with Crippen molar-refractivity contribution in [1.29, 1.82) is 0 Å². The van der Waals surface area contributed by atoms with Crippen LogP contribution in [-0.4, -0.2) is 12.5 Å². The highest BCUT2D eigenvalue weighted by atomic mass is 35.5. The molecule has 0 aromatic heterocycles. The van der Waals surface area contributed by atoms with E-state index in [2.05, 4.69) is 4.99 Å². The fourth-order valence-electron chi connectivity index (χ4n) is 2.81. The first-order valence-corrected chi connectivity index (χ1v) is 6.77. The summed E-state index contributed by atoms with van der Waals surface area (Å²) >= 11 is 6.09. The van der Waals surface area contributed by atoms with Crippen molar-refractivity contribution >= 4 is 23.1 Å². The molecule has 2 aromatic carbocycles. The van der Waals surface area contributed by atoms with E-state index in [4.69, 9.17) is 16.3 Å². The van der Waals surface area contributed by atoms with Crippen LogP contribution in [0.15, 0.2) is 47.5 Å². The Morgan fingerprint density at radius 1 is 1.20 bits per heavy atom. The Labute approximate surface area is 120 Å². The van der Waals surface area contributed by atoms with Crippen LogP contribution in [0.4, 0.5) is 0 Å². The molecule has 0 saturated heterocycles. The van der Waals surface area contributed by atoms with Gasteiger partial charge in [-0.1, -0.05) is 29.8 Å². The molecule has 4 heteroatoms. The van der Waals surface area contributed by atoms with Crippen molar-refractivity contribution in [2.75, 3.05) is 6.54 Å². The van der Waals surface area contributed by atoms with Gasteiger partial charge in [0.2, 0.25) is 0 Å². The summed E-state index contributed by atoms with van der Waals surface area (Å²) in [5, 5.41) is 2.54. The molecule has 2 aliphatic heterocycles. The van der Waals surface area contributed by atoms with Crippen molar-refractivity contribution in [2.45, 2.75) is 0 Å². The topological polar surface area (TPSA) is 38.7 Å². The molecule has 2 heterocycles. The van der Waals surface area contributed by atoms with Gasteiger partial charge in [0.1, 0.15) is 11.7 Å². The van der Waals surface area contributed by atoms with Crippen molar-refractivity contribution in [3.63, 3.8) is 0 Å². The van der Waals surface area contributed by atoms with E-state index in [0.717, 1.165) is 21.7 Å². The molecular formula is C16H10ClNO2. The normalized spacial score (nSPS) is 19.4. The van der Waals surface area contributed by atoms with Crippen molar-refractivity contribution < 1.29 is 9.53 Å². The third-order valence-corrected chi connectivity index (χ3v) is 3.95. The molecule has 0 saturated carbocycles. The smallest absolute Gasteiger partial charge is 0.320 e. The van der Waals surface area contributed by atoms with Crippen molar-refractivity contribution in [3.05, 3.63) is 63.6 Å². The van der Waals surface area contributed by atoms with E-state index in [1.165, 1.54) is 0 Å². The molecule has 0 bridgehead atoms. The molecular weight excluding hydrogens is 274 g/mol. The van der Waals surface area contributed by atoms with Crippen LogP contribution in [0.1, 0.15) is 5.56 Å². The predicted molar refractivity (Wildman–Crippen MR) is 75.2 cm³/mol. The number of esters is 1. The minimum absolute atomic E-state index is 0.243. The van der Waals surface area contributed by atoms with Crippen molar-refractivity contribution in [1.82, 2.24) is 0 Å². The SMILES string of the molecule is O=C1Oc2ccc(Cl)cc2C2=c3ccccc3=NCC12. The second kappa shape index (κ2) is 4.18. The summed E-state index contributed by atoms with van der Waals surface area (Å²) in [7, 11) is 0. The summed E-state index contributed by atoms with van der Waals surface area (Å²) in [6.07, 6.45) is 0. The van der Waals surface area contributed by atoms with Gasteiger partial charge in [0, 0.05) is 15.8 Å². The number of fused-ring (bicyclic) bond motifs is 4. The Balaban J connectivity index is 2.16. The zero-order valence-corrected chi connectivity index (χ0v) is 11.2. The van der Waals surface area contributed by atoms with Crippen molar-refractivity contribution in [3.8, 4) is 5.75 Å². The number of halogens is 1. The number of para-hydroxylation sites is 1. The molecule has 2 aromatic rings. The molecule has 3 nitrogen and oxygen atoms in total. The molecule has 20 heavy (non-hydrogen) atoms. The van der Waals surface area contributed by atoms with Crippen LogP contribution in [0.25, 0.3) is 5.57 Å². The molecule has 98 valence electrons. The van der Waals surface area contributed by atoms with E-state index in [1.54, 1.807) is 12.1 Å². The van der Waals surface area contributed by atoms with Crippen LogP contribution in [0.5, 0.6) is 5.75 Å². The van der Waals surface area contributed by atoms with Gasteiger partial charge in [0.05, 0.1) is 11.9 Å². The second-order valence-corrected chi connectivity index (χ2v) is 5.32. The third kappa shape index (κ3) is 1.60. The van der Waals surface area contributed by atoms with Gasteiger partial charge in [0.15, 0.2) is 0 Å². The summed E-state index contributed by atoms with van der Waals surface area (Å²) in [5.74, 6) is -0.00806. The molecule has 0 N–H and O–H groups in total. The Kier molecular flexibility index (Phi) is 2.44. The van der Waals surface area contributed by atoms with Gasteiger partial charge >= 0.3 is 5.97 Å². The Morgan fingerprint density at radius 2 is 2.05 bits per heavy atom. The van der Waals surface area contributed by atoms with E-state index in [0.29, 0.717) is 17.3 Å². The molecule has 0 aliphatic carbocycles. The first-order chi connectivity index (χ1) is 9.74. The molecule has 0 spiro atoms. The maximum atomic E-state index is 12.1. The first kappa shape index (κ1) is 11.7. The lowest BCUT2D eigenvalue weighted by Gasteiger charge is -2.27. The summed E-state index contributed by atoms with van der Waals surface area (Å²) in [6, 6.07) is 13.2. The van der Waals surface area contributed by atoms with Crippen LogP contribution < -0.4 is 15.3 Å². The van der Waals surface area contributed by atoms with Gasteiger partial charge < -0.3 is 4.74 Å². The van der Waals surface area contributed by atoms with Gasteiger partial charge in [-0.25, -0.2) is 0 Å². The minimum Gasteiger partial charge on any atom is -0.425 e. The quantitative estimate of drug-likeness (QED) is 0.545. The van der Waals surface area contributed by atoms with Crippen molar-refractivity contribution in [2.24, 2.45) is 10.9 Å². The lowest BCUT2D eigenvalue weighted by molar-refractivity contribution is -0.137. The van der Waals surface area contributed by atoms with Crippen LogP contribution in [0, 0.1) is 5.92 Å². The summed E-state index contributed by atoms with van der Waals surface area (Å²) in [5.41, 5.74) is 1.87. The molecule has 1 unspecified atom stereocenters. The fraction of sp³-hybridized carbons (Fsp3) is 0.125. The number of ether oxygens (including phenoxy) is 1. The van der Waals surface area contributed by atoms with Crippen LogP contribution >= 0.6 is 11.6 Å². The molecule has 2 aliphatic rings. The number of benzene rings is 2. The summed E-state index contributed by atoms with van der Waals surface area (Å²) in [4.78, 5) is 16.6. The Hall–Kier alpha value is -2.13. The Morgan fingerprint density at radius 3 is 2.95 bits per heavy atom. The maximum Gasteiger partial charge on any atom is 0.320 e. The van der Waals surface area contributed by atoms with Crippen LogP contribution in [0.2, 0.25) is 5.02 Å².